The van der Waals surface area contributed by atoms with E-state index in [0.29, 0.717) is 34.9 Å². The first kappa shape index (κ1) is 48.2. The lowest BCUT2D eigenvalue weighted by molar-refractivity contribution is -0.385. The van der Waals surface area contributed by atoms with Gasteiger partial charge in [0.05, 0.1) is 71.9 Å². The van der Waals surface area contributed by atoms with Gasteiger partial charge in [0.1, 0.15) is 17.2 Å². The van der Waals surface area contributed by atoms with Gasteiger partial charge in [0.15, 0.2) is 0 Å². The number of nitrogens with two attached hydrogens (primary N) is 1. The van der Waals surface area contributed by atoms with E-state index in [1.54, 1.807) is 13.2 Å². The predicted octanol–water partition coefficient (Wildman–Crippen LogP) is 8.44. The number of nitrogens with one attached hydrogen (secondary N) is 2. The third-order valence-electron chi connectivity index (χ3n) is 6.14. The van der Waals surface area contributed by atoms with Gasteiger partial charge >= 0.3 is 0 Å². The van der Waals surface area contributed by atoms with Crippen molar-refractivity contribution in [3.63, 3.8) is 0 Å². The van der Waals surface area contributed by atoms with Gasteiger partial charge in [-0.05, 0) is 64.8 Å². The molecule has 0 aliphatic heterocycles. The monoisotopic (exact) mass is 765 g/mol. The average molecular weight is 767 g/mol. The number of hydrogen-bond acceptors (Lipinski definition) is 12. The minimum atomic E-state index is -0.501. The highest BCUT2D eigenvalue weighted by Crippen LogP contribution is 2.30. The number of hydrogen-bond donors (Lipinski definition) is 3. The predicted molar refractivity (Wildman–Crippen MR) is 205 cm³/mol. The second-order valence-electron chi connectivity index (χ2n) is 10.6. The van der Waals surface area contributed by atoms with E-state index in [9.17, 15) is 20.2 Å². The summed E-state index contributed by atoms with van der Waals surface area (Å²) in [6.45, 7) is 11.1. The minimum absolute atomic E-state index is 0. The number of non-ortho nitro benzene ring substituents is 2. The smallest absolute Gasteiger partial charge is 0.273 e. The Morgan fingerprint density at radius 2 is 1.08 bits per heavy atom. The fourth-order valence-corrected chi connectivity index (χ4v) is 3.98. The van der Waals surface area contributed by atoms with Crippen LogP contribution in [0.3, 0.4) is 0 Å². The van der Waals surface area contributed by atoms with Crippen molar-refractivity contribution in [1.82, 2.24) is 0 Å². The molecule has 3 aromatic carbocycles. The highest BCUT2D eigenvalue weighted by molar-refractivity contribution is 6.32. The summed E-state index contributed by atoms with van der Waals surface area (Å²) in [6, 6.07) is 14.1. The molecule has 0 radical (unpaired) electrons. The van der Waals surface area contributed by atoms with Crippen LogP contribution in [-0.2, 0) is 9.47 Å². The van der Waals surface area contributed by atoms with E-state index >= 15 is 0 Å². The number of nitro benzene ring substituents is 2. The Hall–Kier alpha value is -3.95. The van der Waals surface area contributed by atoms with Crippen LogP contribution in [0.5, 0.6) is 17.2 Å². The molecule has 0 aromatic heterocycles. The van der Waals surface area contributed by atoms with Gasteiger partial charge < -0.3 is 40.1 Å². The van der Waals surface area contributed by atoms with Crippen molar-refractivity contribution in [2.75, 3.05) is 64.0 Å². The lowest BCUT2D eigenvalue weighted by Crippen LogP contribution is -2.09. The van der Waals surface area contributed by atoms with Crippen molar-refractivity contribution < 1.29 is 33.5 Å². The number of benzene rings is 3. The topological polar surface area (TPSA) is 183 Å². The molecule has 0 atom stereocenters. The Bertz CT molecular complexity index is 1420. The number of nitrogens with zero attached hydrogens (tertiary/aromatic N) is 2. The Labute approximate surface area is 311 Å². The number of ether oxygens (including phenoxy) is 5. The first-order valence-corrected chi connectivity index (χ1v) is 15.6. The summed E-state index contributed by atoms with van der Waals surface area (Å²) in [6.07, 6.45) is 2.35. The van der Waals surface area contributed by atoms with Gasteiger partial charge in [-0.25, -0.2) is 0 Å². The lowest BCUT2D eigenvalue weighted by Gasteiger charge is -2.12. The van der Waals surface area contributed by atoms with E-state index in [0.717, 1.165) is 49.7 Å². The van der Waals surface area contributed by atoms with Crippen molar-refractivity contribution in [2.24, 2.45) is 0 Å². The summed E-state index contributed by atoms with van der Waals surface area (Å²) < 4.78 is 26.1. The summed E-state index contributed by atoms with van der Waals surface area (Å²) >= 11 is 5.65. The van der Waals surface area contributed by atoms with Crippen LogP contribution < -0.4 is 30.6 Å². The van der Waals surface area contributed by atoms with Crippen LogP contribution in [0.25, 0.3) is 0 Å². The Morgan fingerprint density at radius 1 is 0.680 bits per heavy atom. The van der Waals surface area contributed by atoms with E-state index in [1.807, 2.05) is 45.9 Å². The highest BCUT2D eigenvalue weighted by atomic mass is 35.5. The molecule has 0 fully saturated rings. The van der Waals surface area contributed by atoms with Crippen LogP contribution in [0.1, 0.15) is 40.5 Å². The maximum Gasteiger partial charge on any atom is 0.273 e. The number of nitrogen functional groups attached to an aromatic ring is 1. The Morgan fingerprint density at radius 3 is 1.50 bits per heavy atom. The van der Waals surface area contributed by atoms with Crippen molar-refractivity contribution in [3.8, 4) is 17.2 Å². The zero-order chi connectivity index (χ0) is 36.1. The molecule has 0 spiro atoms. The van der Waals surface area contributed by atoms with Gasteiger partial charge in [-0.3, -0.25) is 20.2 Å². The highest BCUT2D eigenvalue weighted by Gasteiger charge is 2.11. The first-order valence-electron chi connectivity index (χ1n) is 15.3. The molecule has 0 saturated heterocycles. The Kier molecular flexibility index (Phi) is 25.9. The summed E-state index contributed by atoms with van der Waals surface area (Å²) in [7, 11) is 4.54. The molecule has 0 saturated carbocycles. The van der Waals surface area contributed by atoms with E-state index in [-0.39, 0.29) is 42.3 Å². The number of anilines is 3. The molecule has 0 bridgehead atoms. The molecular weight excluding hydrogens is 717 g/mol. The molecule has 50 heavy (non-hydrogen) atoms. The molecule has 0 unspecified atom stereocenters. The number of nitro groups is 2. The summed E-state index contributed by atoms with van der Waals surface area (Å²) in [5.41, 5.74) is 8.09. The molecule has 17 heteroatoms. The third-order valence-corrected chi connectivity index (χ3v) is 6.45. The van der Waals surface area contributed by atoms with E-state index < -0.39 is 9.85 Å². The van der Waals surface area contributed by atoms with Gasteiger partial charge in [0.2, 0.25) is 0 Å². The van der Waals surface area contributed by atoms with Crippen LogP contribution in [0, 0.1) is 20.2 Å². The van der Waals surface area contributed by atoms with Gasteiger partial charge in [0.25, 0.3) is 11.4 Å². The van der Waals surface area contributed by atoms with Crippen LogP contribution in [0.15, 0.2) is 54.6 Å². The Balaban J connectivity index is 0. The number of halogens is 3. The molecular formula is C33H50Cl3N5O9. The van der Waals surface area contributed by atoms with Crippen LogP contribution in [-0.4, -0.2) is 69.7 Å². The molecule has 282 valence electrons. The maximum absolute atomic E-state index is 10.7. The SMILES string of the molecule is COc1cc(N)ccc1NCCCOC(C)C.COc1cc([N+](=O)[O-])ccc1Cl.COc1cc([N+](=O)[O-])ccc1NCCCOC(C)C.Cl.Cl. The van der Waals surface area contributed by atoms with Crippen molar-refractivity contribution >= 4 is 64.9 Å². The van der Waals surface area contributed by atoms with E-state index in [2.05, 4.69) is 10.6 Å². The standard InChI is InChI=1S/C13H20N2O4.C13H22N2O2.C7H6ClNO3.2ClH/c1-10(2)19-8-4-7-14-12-6-5-11(15(16)17)9-13(12)18-3;1-10(2)17-8-4-7-15-12-6-5-11(14)9-13(12)16-3;1-12-7-4-5(9(10)11)2-3-6(7)8;;/h5-6,9-10,14H,4,7-8H2,1-3H3;5-6,9-10,15H,4,7-8,14H2,1-3H3;2-4H,1H3;2*1H. The molecule has 3 aromatic rings. The largest absolute Gasteiger partial charge is 0.495 e. The van der Waals surface area contributed by atoms with Crippen LogP contribution in [0.4, 0.5) is 28.4 Å². The average Bonchev–Trinajstić information content (AvgIpc) is 3.05. The number of methoxy groups -OCH3 is 3. The second-order valence-corrected chi connectivity index (χ2v) is 11.0. The van der Waals surface area contributed by atoms with Crippen LogP contribution >= 0.6 is 36.4 Å². The fourth-order valence-electron chi connectivity index (χ4n) is 3.78. The first-order chi connectivity index (χ1) is 22.8. The van der Waals surface area contributed by atoms with Gasteiger partial charge in [-0.15, -0.1) is 24.8 Å². The second kappa shape index (κ2) is 26.9. The minimum Gasteiger partial charge on any atom is -0.495 e. The molecule has 3 rings (SSSR count). The lowest BCUT2D eigenvalue weighted by atomic mass is 10.2. The van der Waals surface area contributed by atoms with E-state index in [4.69, 9.17) is 41.0 Å². The maximum atomic E-state index is 10.7. The molecule has 0 amide bonds. The van der Waals surface area contributed by atoms with Crippen LogP contribution in [0.2, 0.25) is 5.02 Å². The summed E-state index contributed by atoms with van der Waals surface area (Å²) in [5, 5.41) is 27.8. The summed E-state index contributed by atoms with van der Waals surface area (Å²) in [4.78, 5) is 20.0. The van der Waals surface area contributed by atoms with E-state index in [1.165, 1.54) is 44.6 Å². The molecule has 0 aliphatic rings. The molecule has 0 heterocycles. The third kappa shape index (κ3) is 19.3. The van der Waals surface area contributed by atoms with Crippen molar-refractivity contribution in [1.29, 1.82) is 0 Å². The summed E-state index contributed by atoms with van der Waals surface area (Å²) in [5.74, 6) is 1.56. The fraction of sp³-hybridized carbons (Fsp3) is 0.455. The zero-order valence-electron chi connectivity index (χ0n) is 29.4. The van der Waals surface area contributed by atoms with Gasteiger partial charge in [0, 0.05) is 50.2 Å². The zero-order valence-corrected chi connectivity index (χ0v) is 31.8. The normalized spacial score (nSPS) is 9.88. The van der Waals surface area contributed by atoms with Gasteiger partial charge in [-0.2, -0.15) is 0 Å². The van der Waals surface area contributed by atoms with Crippen molar-refractivity contribution in [3.05, 3.63) is 79.8 Å². The quantitative estimate of drug-likeness (QED) is 0.0517. The molecule has 0 aliphatic carbocycles. The number of rotatable bonds is 17. The molecule has 4 N–H and O–H groups in total. The van der Waals surface area contributed by atoms with Gasteiger partial charge in [-0.1, -0.05) is 11.6 Å². The van der Waals surface area contributed by atoms with Crippen molar-refractivity contribution in [2.45, 2.75) is 52.7 Å². The molecule has 14 nitrogen and oxygen atoms in total.